The van der Waals surface area contributed by atoms with Crippen LogP contribution in [0.2, 0.25) is 5.02 Å². The van der Waals surface area contributed by atoms with Gasteiger partial charge in [-0.2, -0.15) is 0 Å². The molecule has 2 aromatic rings. The lowest BCUT2D eigenvalue weighted by molar-refractivity contribution is 0.0949. The van der Waals surface area contributed by atoms with Gasteiger partial charge in [0.15, 0.2) is 0 Å². The highest BCUT2D eigenvalue weighted by molar-refractivity contribution is 6.30. The van der Waals surface area contributed by atoms with E-state index in [9.17, 15) is 4.79 Å². The third-order valence-corrected chi connectivity index (χ3v) is 3.32. The Morgan fingerprint density at radius 1 is 1.26 bits per heavy atom. The summed E-state index contributed by atoms with van der Waals surface area (Å²) in [7, 11) is 1.63. The molecular weight excluding hydrogens is 316 g/mol. The molecule has 1 amide bonds. The van der Waals surface area contributed by atoms with Crippen molar-refractivity contribution in [2.75, 3.05) is 32.1 Å². The molecule has 0 aliphatic rings. The zero-order chi connectivity index (χ0) is 16.5. The Hall–Kier alpha value is -2.18. The van der Waals surface area contributed by atoms with E-state index in [0.717, 1.165) is 5.56 Å². The van der Waals surface area contributed by atoms with E-state index in [1.807, 2.05) is 24.3 Å². The number of hydrogen-bond acceptors (Lipinski definition) is 5. The highest BCUT2D eigenvalue weighted by Crippen LogP contribution is 2.10. The molecule has 122 valence electrons. The predicted molar refractivity (Wildman–Crippen MR) is 89.9 cm³/mol. The third-order valence-electron chi connectivity index (χ3n) is 3.09. The van der Waals surface area contributed by atoms with Crippen LogP contribution in [0.25, 0.3) is 0 Å². The number of halogens is 1. The maximum Gasteiger partial charge on any atom is 0.271 e. The van der Waals surface area contributed by atoms with Crippen molar-refractivity contribution in [2.24, 2.45) is 0 Å². The minimum absolute atomic E-state index is 0.247. The molecule has 1 heterocycles. The number of amides is 1. The quantitative estimate of drug-likeness (QED) is 0.723. The maximum absolute atomic E-state index is 12.0. The minimum atomic E-state index is -0.247. The van der Waals surface area contributed by atoms with E-state index in [-0.39, 0.29) is 11.6 Å². The van der Waals surface area contributed by atoms with Crippen LogP contribution in [0.3, 0.4) is 0 Å². The van der Waals surface area contributed by atoms with Crippen molar-refractivity contribution in [2.45, 2.75) is 6.42 Å². The summed E-state index contributed by atoms with van der Waals surface area (Å²) >= 11 is 5.92. The first-order valence-electron chi connectivity index (χ1n) is 7.26. The number of nitrogens with one attached hydrogen (secondary N) is 2. The zero-order valence-corrected chi connectivity index (χ0v) is 13.6. The molecule has 0 bridgehead atoms. The van der Waals surface area contributed by atoms with Gasteiger partial charge in [0, 0.05) is 25.2 Å². The van der Waals surface area contributed by atoms with Gasteiger partial charge in [-0.05, 0) is 24.1 Å². The highest BCUT2D eigenvalue weighted by Gasteiger charge is 2.07. The summed E-state index contributed by atoms with van der Waals surface area (Å²) in [5, 5.41) is 6.54. The average molecular weight is 335 g/mol. The number of methoxy groups -OCH3 is 1. The monoisotopic (exact) mass is 334 g/mol. The van der Waals surface area contributed by atoms with Crippen molar-refractivity contribution in [3.8, 4) is 0 Å². The molecule has 0 radical (unpaired) electrons. The lowest BCUT2D eigenvalue weighted by atomic mass is 10.1. The number of carbonyl (C=O) groups excluding carboxylic acids is 1. The van der Waals surface area contributed by atoms with Gasteiger partial charge in [-0.15, -0.1) is 0 Å². The molecule has 0 aliphatic heterocycles. The number of benzene rings is 1. The van der Waals surface area contributed by atoms with Gasteiger partial charge in [0.1, 0.15) is 11.5 Å². The van der Waals surface area contributed by atoms with E-state index in [4.69, 9.17) is 16.3 Å². The van der Waals surface area contributed by atoms with E-state index in [1.54, 1.807) is 7.11 Å². The van der Waals surface area contributed by atoms with Crippen LogP contribution in [0.15, 0.2) is 36.7 Å². The molecule has 1 aromatic carbocycles. The summed E-state index contributed by atoms with van der Waals surface area (Å²) in [4.78, 5) is 20.2. The van der Waals surface area contributed by atoms with Crippen LogP contribution in [0.5, 0.6) is 0 Å². The average Bonchev–Trinajstić information content (AvgIpc) is 2.56. The summed E-state index contributed by atoms with van der Waals surface area (Å²) in [5.74, 6) is 0.362. The van der Waals surface area contributed by atoms with Gasteiger partial charge in [-0.25, -0.2) is 9.97 Å². The zero-order valence-electron chi connectivity index (χ0n) is 12.9. The van der Waals surface area contributed by atoms with Crippen molar-refractivity contribution >= 4 is 23.3 Å². The van der Waals surface area contributed by atoms with E-state index >= 15 is 0 Å². The summed E-state index contributed by atoms with van der Waals surface area (Å²) in [6.07, 6.45) is 3.68. The molecule has 0 fully saturated rings. The summed E-state index contributed by atoms with van der Waals surface area (Å²) < 4.78 is 4.93. The molecule has 0 saturated heterocycles. The molecule has 2 rings (SSSR count). The fourth-order valence-corrected chi connectivity index (χ4v) is 2.13. The first kappa shape index (κ1) is 17.2. The Morgan fingerprint density at radius 2 is 2.13 bits per heavy atom. The summed E-state index contributed by atoms with van der Waals surface area (Å²) in [6.45, 7) is 1.72. The van der Waals surface area contributed by atoms with Crippen LogP contribution in [-0.2, 0) is 11.2 Å². The van der Waals surface area contributed by atoms with Crippen molar-refractivity contribution in [3.63, 3.8) is 0 Å². The fraction of sp³-hybridized carbons (Fsp3) is 0.312. The Morgan fingerprint density at radius 3 is 2.83 bits per heavy atom. The van der Waals surface area contributed by atoms with Gasteiger partial charge in [-0.1, -0.05) is 23.7 Å². The smallest absolute Gasteiger partial charge is 0.271 e. The molecule has 0 saturated carbocycles. The second-order valence-electron chi connectivity index (χ2n) is 4.84. The number of hydrogen-bond donors (Lipinski definition) is 2. The lowest BCUT2D eigenvalue weighted by Gasteiger charge is -2.07. The topological polar surface area (TPSA) is 76.1 Å². The Kier molecular flexibility index (Phi) is 6.77. The molecule has 7 heteroatoms. The summed E-state index contributed by atoms with van der Waals surface area (Å²) in [6, 6.07) is 7.56. The molecule has 1 aromatic heterocycles. The van der Waals surface area contributed by atoms with E-state index in [2.05, 4.69) is 20.6 Å². The molecule has 23 heavy (non-hydrogen) atoms. The molecule has 0 spiro atoms. The fourth-order valence-electron chi connectivity index (χ4n) is 1.92. The van der Waals surface area contributed by atoms with Crippen molar-refractivity contribution in [1.29, 1.82) is 0 Å². The van der Waals surface area contributed by atoms with Crippen molar-refractivity contribution in [1.82, 2.24) is 15.3 Å². The molecule has 0 unspecified atom stereocenters. The number of nitrogens with zero attached hydrogens (tertiary/aromatic N) is 2. The minimum Gasteiger partial charge on any atom is -0.383 e. The molecule has 6 nitrogen and oxygen atoms in total. The number of carbonyl (C=O) groups is 1. The van der Waals surface area contributed by atoms with Crippen LogP contribution < -0.4 is 10.6 Å². The summed E-state index contributed by atoms with van der Waals surface area (Å²) in [5.41, 5.74) is 1.36. The largest absolute Gasteiger partial charge is 0.383 e. The Balaban J connectivity index is 1.79. The van der Waals surface area contributed by atoms with Crippen LogP contribution in [-0.4, -0.2) is 42.7 Å². The van der Waals surface area contributed by atoms with E-state index in [1.165, 1.54) is 12.4 Å². The van der Waals surface area contributed by atoms with Crippen LogP contribution in [0.4, 0.5) is 5.82 Å². The van der Waals surface area contributed by atoms with Gasteiger partial charge in [0.25, 0.3) is 5.91 Å². The Bertz CT molecular complexity index is 634. The number of aromatic nitrogens is 2. The normalized spacial score (nSPS) is 10.3. The van der Waals surface area contributed by atoms with Gasteiger partial charge in [0.05, 0.1) is 19.0 Å². The maximum atomic E-state index is 12.0. The third kappa shape index (κ3) is 5.84. The first-order chi connectivity index (χ1) is 11.2. The number of rotatable bonds is 8. The second-order valence-corrected chi connectivity index (χ2v) is 5.28. The van der Waals surface area contributed by atoms with Crippen LogP contribution in [0, 0.1) is 0 Å². The second kappa shape index (κ2) is 9.07. The SMILES string of the molecule is COCCNc1cnc(C(=O)NCCc2cccc(Cl)c2)cn1. The van der Waals surface area contributed by atoms with Crippen molar-refractivity contribution < 1.29 is 9.53 Å². The van der Waals surface area contributed by atoms with Crippen molar-refractivity contribution in [3.05, 3.63) is 52.9 Å². The first-order valence-corrected chi connectivity index (χ1v) is 7.64. The highest BCUT2D eigenvalue weighted by atomic mass is 35.5. The number of anilines is 1. The van der Waals surface area contributed by atoms with Gasteiger partial charge < -0.3 is 15.4 Å². The van der Waals surface area contributed by atoms with E-state index < -0.39 is 0 Å². The number of ether oxygens (including phenoxy) is 1. The molecule has 0 aliphatic carbocycles. The standard InChI is InChI=1S/C16H19ClN4O2/c1-23-8-7-18-15-11-20-14(10-21-15)16(22)19-6-5-12-3-2-4-13(17)9-12/h2-4,9-11H,5-8H2,1H3,(H,18,21)(H,19,22). The molecule has 0 atom stereocenters. The van der Waals surface area contributed by atoms with Crippen LogP contribution in [0.1, 0.15) is 16.1 Å². The molecule has 2 N–H and O–H groups in total. The van der Waals surface area contributed by atoms with Gasteiger partial charge in [0.2, 0.25) is 0 Å². The predicted octanol–water partition coefficient (Wildman–Crippen LogP) is 2.16. The van der Waals surface area contributed by atoms with Crippen LogP contribution >= 0.6 is 11.6 Å². The van der Waals surface area contributed by atoms with E-state index in [0.29, 0.717) is 37.0 Å². The lowest BCUT2D eigenvalue weighted by Crippen LogP contribution is -2.26. The van der Waals surface area contributed by atoms with Gasteiger partial charge in [-0.3, -0.25) is 4.79 Å². The van der Waals surface area contributed by atoms with Gasteiger partial charge >= 0.3 is 0 Å². The Labute approximate surface area is 140 Å². The molecular formula is C16H19ClN4O2.